The minimum atomic E-state index is -0.128. The zero-order valence-electron chi connectivity index (χ0n) is 7.51. The first-order valence-corrected chi connectivity index (χ1v) is 4.44. The van der Waals surface area contributed by atoms with E-state index >= 15 is 0 Å². The number of aliphatic hydroxyl groups is 1. The first kappa shape index (κ1) is 8.79. The summed E-state index contributed by atoms with van der Waals surface area (Å²) in [7, 11) is 0. The molecule has 1 nitrogen and oxygen atoms in total. The van der Waals surface area contributed by atoms with Crippen LogP contribution in [0, 0.1) is 11.8 Å². The van der Waals surface area contributed by atoms with Crippen molar-refractivity contribution in [3.8, 4) is 0 Å². The average molecular weight is 154 g/mol. The minimum absolute atomic E-state index is 0.128. The predicted octanol–water partition coefficient (Wildman–Crippen LogP) is 2.36. The fourth-order valence-corrected chi connectivity index (χ4v) is 1.93. The van der Waals surface area contributed by atoms with Gasteiger partial charge in [0.15, 0.2) is 0 Å². The maximum atomic E-state index is 9.65. The largest absolute Gasteiger partial charge is 0.392 e. The molecule has 0 bridgehead atoms. The Morgan fingerprint density at radius 1 is 1.45 bits per heavy atom. The van der Waals surface area contributed by atoms with Gasteiger partial charge in [-0.2, -0.15) is 0 Å². The van der Waals surface area contributed by atoms with E-state index in [1.807, 2.05) is 6.92 Å². The first-order valence-electron chi connectivity index (χ1n) is 4.44. The van der Waals surface area contributed by atoms with E-state index in [-0.39, 0.29) is 6.10 Å². The summed E-state index contributed by atoms with van der Waals surface area (Å²) in [4.78, 5) is 0. The SMILES string of the molecule is C=C(C)[C@H]1CC[C@@H](C)C[C@H]1O. The molecule has 0 aromatic rings. The lowest BCUT2D eigenvalue weighted by Crippen LogP contribution is -2.28. The molecule has 0 aromatic heterocycles. The molecule has 0 heterocycles. The molecule has 0 unspecified atom stereocenters. The van der Waals surface area contributed by atoms with Gasteiger partial charge in [-0.15, -0.1) is 0 Å². The van der Waals surface area contributed by atoms with Crippen molar-refractivity contribution in [2.45, 2.75) is 39.2 Å². The highest BCUT2D eigenvalue weighted by Gasteiger charge is 2.26. The molecule has 1 aliphatic carbocycles. The van der Waals surface area contributed by atoms with E-state index < -0.39 is 0 Å². The summed E-state index contributed by atoms with van der Waals surface area (Å²) in [6, 6.07) is 0. The van der Waals surface area contributed by atoms with Crippen molar-refractivity contribution in [1.29, 1.82) is 0 Å². The molecular formula is C10H18O. The van der Waals surface area contributed by atoms with Crippen LogP contribution in [0.4, 0.5) is 0 Å². The van der Waals surface area contributed by atoms with Gasteiger partial charge >= 0.3 is 0 Å². The summed E-state index contributed by atoms with van der Waals surface area (Å²) in [6.45, 7) is 8.12. The van der Waals surface area contributed by atoms with Crippen molar-refractivity contribution in [3.05, 3.63) is 12.2 Å². The Kier molecular flexibility index (Phi) is 2.72. The van der Waals surface area contributed by atoms with Gasteiger partial charge < -0.3 is 5.11 Å². The third kappa shape index (κ3) is 2.06. The van der Waals surface area contributed by atoms with Crippen LogP contribution in [-0.2, 0) is 0 Å². The molecule has 0 radical (unpaired) electrons. The number of hydrogen-bond acceptors (Lipinski definition) is 1. The standard InChI is InChI=1S/C10H18O/c1-7(2)9-5-4-8(3)6-10(9)11/h8-11H,1,4-6H2,2-3H3/t8-,9-,10-/m1/s1. The second kappa shape index (κ2) is 3.40. The lowest BCUT2D eigenvalue weighted by atomic mass is 9.78. The zero-order chi connectivity index (χ0) is 8.43. The Hall–Kier alpha value is -0.300. The van der Waals surface area contributed by atoms with Crippen LogP contribution in [0.5, 0.6) is 0 Å². The summed E-state index contributed by atoms with van der Waals surface area (Å²) in [5, 5.41) is 9.65. The van der Waals surface area contributed by atoms with Crippen molar-refractivity contribution in [2.75, 3.05) is 0 Å². The van der Waals surface area contributed by atoms with Crippen molar-refractivity contribution in [2.24, 2.45) is 11.8 Å². The molecule has 0 aliphatic heterocycles. The summed E-state index contributed by atoms with van der Waals surface area (Å²) < 4.78 is 0. The predicted molar refractivity (Wildman–Crippen MR) is 47.3 cm³/mol. The molecule has 1 N–H and O–H groups in total. The van der Waals surface area contributed by atoms with Gasteiger partial charge in [0.25, 0.3) is 0 Å². The van der Waals surface area contributed by atoms with Crippen molar-refractivity contribution in [3.63, 3.8) is 0 Å². The molecule has 1 rings (SSSR count). The Morgan fingerprint density at radius 3 is 2.55 bits per heavy atom. The number of hydrogen-bond donors (Lipinski definition) is 1. The van der Waals surface area contributed by atoms with Crippen molar-refractivity contribution < 1.29 is 5.11 Å². The fraction of sp³-hybridized carbons (Fsp3) is 0.800. The quantitative estimate of drug-likeness (QED) is 0.575. The van der Waals surface area contributed by atoms with Crippen LogP contribution in [0.3, 0.4) is 0 Å². The number of aliphatic hydroxyl groups excluding tert-OH is 1. The van der Waals surface area contributed by atoms with Gasteiger partial charge in [-0.25, -0.2) is 0 Å². The summed E-state index contributed by atoms with van der Waals surface area (Å²) in [5.41, 5.74) is 1.14. The van der Waals surface area contributed by atoms with E-state index in [1.54, 1.807) is 0 Å². The van der Waals surface area contributed by atoms with Crippen molar-refractivity contribution in [1.82, 2.24) is 0 Å². The maximum Gasteiger partial charge on any atom is 0.0607 e. The molecule has 1 saturated carbocycles. The van der Waals surface area contributed by atoms with Gasteiger partial charge in [-0.1, -0.05) is 19.1 Å². The van der Waals surface area contributed by atoms with Gasteiger partial charge in [0.1, 0.15) is 0 Å². The first-order chi connectivity index (χ1) is 5.11. The smallest absolute Gasteiger partial charge is 0.0607 e. The fourth-order valence-electron chi connectivity index (χ4n) is 1.93. The summed E-state index contributed by atoms with van der Waals surface area (Å²) >= 11 is 0. The summed E-state index contributed by atoms with van der Waals surface area (Å²) in [6.07, 6.45) is 3.19. The van der Waals surface area contributed by atoms with E-state index in [0.717, 1.165) is 18.4 Å². The molecule has 11 heavy (non-hydrogen) atoms. The van der Waals surface area contributed by atoms with Gasteiger partial charge in [0.05, 0.1) is 6.10 Å². The second-order valence-electron chi connectivity index (χ2n) is 3.94. The van der Waals surface area contributed by atoms with Crippen LogP contribution >= 0.6 is 0 Å². The molecule has 0 saturated heterocycles. The molecule has 64 valence electrons. The molecule has 0 amide bonds. The van der Waals surface area contributed by atoms with E-state index in [9.17, 15) is 5.11 Å². The van der Waals surface area contributed by atoms with Crippen LogP contribution in [-0.4, -0.2) is 11.2 Å². The molecular weight excluding hydrogens is 136 g/mol. The molecule has 0 aromatic carbocycles. The second-order valence-corrected chi connectivity index (χ2v) is 3.94. The molecule has 3 atom stereocenters. The van der Waals surface area contributed by atoms with Crippen LogP contribution in [0.1, 0.15) is 33.1 Å². The Balaban J connectivity index is 2.50. The Labute approximate surface area is 69.1 Å². The van der Waals surface area contributed by atoms with Gasteiger partial charge in [-0.05, 0) is 32.1 Å². The van der Waals surface area contributed by atoms with E-state index in [1.165, 1.54) is 6.42 Å². The van der Waals surface area contributed by atoms with Gasteiger partial charge in [0.2, 0.25) is 0 Å². The topological polar surface area (TPSA) is 20.2 Å². The van der Waals surface area contributed by atoms with Crippen LogP contribution < -0.4 is 0 Å². The molecule has 0 spiro atoms. The highest BCUT2D eigenvalue weighted by Crippen LogP contribution is 2.32. The molecule has 1 heteroatoms. The highest BCUT2D eigenvalue weighted by atomic mass is 16.3. The third-order valence-corrected chi connectivity index (χ3v) is 2.71. The van der Waals surface area contributed by atoms with E-state index in [4.69, 9.17) is 0 Å². The third-order valence-electron chi connectivity index (χ3n) is 2.71. The van der Waals surface area contributed by atoms with Crippen molar-refractivity contribution >= 4 is 0 Å². The zero-order valence-corrected chi connectivity index (χ0v) is 7.51. The monoisotopic (exact) mass is 154 g/mol. The lowest BCUT2D eigenvalue weighted by molar-refractivity contribution is 0.0656. The van der Waals surface area contributed by atoms with E-state index in [0.29, 0.717) is 11.8 Å². The summed E-state index contributed by atoms with van der Waals surface area (Å²) in [5.74, 6) is 1.06. The Morgan fingerprint density at radius 2 is 2.09 bits per heavy atom. The van der Waals surface area contributed by atoms with Gasteiger partial charge in [-0.3, -0.25) is 0 Å². The normalized spacial score (nSPS) is 38.6. The highest BCUT2D eigenvalue weighted by molar-refractivity contribution is 5.01. The lowest BCUT2D eigenvalue weighted by Gasteiger charge is -2.31. The average Bonchev–Trinajstić information content (AvgIpc) is 1.85. The van der Waals surface area contributed by atoms with Gasteiger partial charge in [0, 0.05) is 5.92 Å². The Bertz CT molecular complexity index is 151. The molecule has 1 aliphatic rings. The maximum absolute atomic E-state index is 9.65. The van der Waals surface area contributed by atoms with Crippen LogP contribution in [0.15, 0.2) is 12.2 Å². The van der Waals surface area contributed by atoms with E-state index in [2.05, 4.69) is 13.5 Å². The minimum Gasteiger partial charge on any atom is -0.392 e. The number of rotatable bonds is 1. The van der Waals surface area contributed by atoms with Crippen LogP contribution in [0.25, 0.3) is 0 Å². The van der Waals surface area contributed by atoms with Crippen LogP contribution in [0.2, 0.25) is 0 Å². The molecule has 1 fully saturated rings.